The molecule has 0 radical (unpaired) electrons. The van der Waals surface area contributed by atoms with Gasteiger partial charge in [-0.05, 0) is 52.1 Å². The predicted octanol–water partition coefficient (Wildman–Crippen LogP) is 4.57. The molecule has 0 amide bonds. The second-order valence-electron chi connectivity index (χ2n) is 5.26. The second-order valence-corrected chi connectivity index (χ2v) is 5.26. The maximum atomic E-state index is 14.3. The largest absolute Gasteiger partial charge is 0.341 e. The van der Waals surface area contributed by atoms with Gasteiger partial charge in [0.15, 0.2) is 0 Å². The Kier molecular flexibility index (Phi) is 4.97. The number of rotatable bonds is 5. The molecule has 112 valence electrons. The fraction of sp³-hybridized carbons (Fsp3) is 0.333. The van der Waals surface area contributed by atoms with Crippen LogP contribution in [0.5, 0.6) is 0 Å². The molecule has 1 N–H and O–H groups in total. The van der Waals surface area contributed by atoms with Gasteiger partial charge in [0.1, 0.15) is 5.82 Å². The summed E-state index contributed by atoms with van der Waals surface area (Å²) < 4.78 is 14.3. The third kappa shape index (κ3) is 3.24. The summed E-state index contributed by atoms with van der Waals surface area (Å²) in [6.07, 6.45) is 0. The fourth-order valence-corrected chi connectivity index (χ4v) is 2.55. The summed E-state index contributed by atoms with van der Waals surface area (Å²) in [5.74, 6) is -0.167. The van der Waals surface area contributed by atoms with Crippen LogP contribution >= 0.6 is 0 Å². The van der Waals surface area contributed by atoms with Crippen molar-refractivity contribution in [3.63, 3.8) is 0 Å². The third-order valence-corrected chi connectivity index (χ3v) is 3.85. The average Bonchev–Trinajstić information content (AvgIpc) is 2.49. The van der Waals surface area contributed by atoms with E-state index in [0.717, 1.165) is 17.9 Å². The summed E-state index contributed by atoms with van der Waals surface area (Å²) in [7, 11) is 1.85. The number of nitrogens with one attached hydrogen (secondary N) is 1. The zero-order valence-corrected chi connectivity index (χ0v) is 13.2. The molecule has 3 heteroatoms. The van der Waals surface area contributed by atoms with Crippen LogP contribution in [0.4, 0.5) is 15.8 Å². The van der Waals surface area contributed by atoms with Crippen molar-refractivity contribution in [3.05, 3.63) is 59.4 Å². The van der Waals surface area contributed by atoms with Crippen LogP contribution in [-0.4, -0.2) is 13.6 Å². The number of hydrogen-bond donors (Lipinski definition) is 1. The summed E-state index contributed by atoms with van der Waals surface area (Å²) >= 11 is 0. The fourth-order valence-electron chi connectivity index (χ4n) is 2.55. The van der Waals surface area contributed by atoms with Crippen molar-refractivity contribution in [1.82, 2.24) is 5.32 Å². The van der Waals surface area contributed by atoms with E-state index in [2.05, 4.69) is 48.3 Å². The van der Waals surface area contributed by atoms with Crippen molar-refractivity contribution in [2.24, 2.45) is 0 Å². The lowest BCUT2D eigenvalue weighted by atomic mass is 10.0. The lowest BCUT2D eigenvalue weighted by molar-refractivity contribution is 0.562. The van der Waals surface area contributed by atoms with E-state index in [1.54, 1.807) is 6.07 Å². The predicted molar refractivity (Wildman–Crippen MR) is 87.7 cm³/mol. The topological polar surface area (TPSA) is 15.3 Å². The monoisotopic (exact) mass is 286 g/mol. The summed E-state index contributed by atoms with van der Waals surface area (Å²) in [5, 5.41) is 3.14. The molecule has 1 atom stereocenters. The standard InChI is InChI=1S/C18H23FN2/c1-5-21(15-11-9-13(2)10-12-15)17-8-6-7-16(19)18(17)14(3)20-4/h6-12,14,20H,5H2,1-4H3. The van der Waals surface area contributed by atoms with Crippen molar-refractivity contribution in [2.75, 3.05) is 18.5 Å². The smallest absolute Gasteiger partial charge is 0.130 e. The van der Waals surface area contributed by atoms with Crippen molar-refractivity contribution >= 4 is 11.4 Å². The Morgan fingerprint density at radius 1 is 1.14 bits per heavy atom. The van der Waals surface area contributed by atoms with Gasteiger partial charge in [0, 0.05) is 29.5 Å². The number of nitrogens with zero attached hydrogens (tertiary/aromatic N) is 1. The highest BCUT2D eigenvalue weighted by Gasteiger charge is 2.18. The van der Waals surface area contributed by atoms with Gasteiger partial charge in [0.2, 0.25) is 0 Å². The van der Waals surface area contributed by atoms with Crippen LogP contribution in [0.3, 0.4) is 0 Å². The highest BCUT2D eigenvalue weighted by Crippen LogP contribution is 2.33. The summed E-state index contributed by atoms with van der Waals surface area (Å²) in [6, 6.07) is 13.6. The lowest BCUT2D eigenvalue weighted by Crippen LogP contribution is -2.22. The number of anilines is 2. The number of hydrogen-bond acceptors (Lipinski definition) is 2. The van der Waals surface area contributed by atoms with Crippen LogP contribution in [0.1, 0.15) is 31.0 Å². The van der Waals surface area contributed by atoms with E-state index in [1.807, 2.05) is 20.0 Å². The van der Waals surface area contributed by atoms with Gasteiger partial charge in [-0.25, -0.2) is 4.39 Å². The first-order valence-electron chi connectivity index (χ1n) is 7.38. The summed E-state index contributed by atoms with van der Waals surface area (Å²) in [4.78, 5) is 2.14. The molecule has 0 aliphatic carbocycles. The van der Waals surface area contributed by atoms with Crippen LogP contribution < -0.4 is 10.2 Å². The van der Waals surface area contributed by atoms with E-state index in [-0.39, 0.29) is 11.9 Å². The molecule has 2 nitrogen and oxygen atoms in total. The number of aryl methyl sites for hydroxylation is 1. The molecule has 2 aromatic rings. The summed E-state index contributed by atoms with van der Waals surface area (Å²) in [5.41, 5.74) is 3.93. The second kappa shape index (κ2) is 6.72. The maximum Gasteiger partial charge on any atom is 0.130 e. The first-order valence-corrected chi connectivity index (χ1v) is 7.38. The van der Waals surface area contributed by atoms with Gasteiger partial charge in [0.25, 0.3) is 0 Å². The van der Waals surface area contributed by atoms with Crippen molar-refractivity contribution < 1.29 is 4.39 Å². The Bertz CT molecular complexity index is 593. The van der Waals surface area contributed by atoms with Crippen LogP contribution in [0, 0.1) is 12.7 Å². The average molecular weight is 286 g/mol. The van der Waals surface area contributed by atoms with E-state index in [4.69, 9.17) is 0 Å². The molecule has 0 saturated heterocycles. The van der Waals surface area contributed by atoms with Crippen molar-refractivity contribution in [3.8, 4) is 0 Å². The Morgan fingerprint density at radius 2 is 1.81 bits per heavy atom. The van der Waals surface area contributed by atoms with Crippen LogP contribution in [-0.2, 0) is 0 Å². The molecular formula is C18H23FN2. The first kappa shape index (κ1) is 15.5. The molecule has 0 aromatic heterocycles. The van der Waals surface area contributed by atoms with Gasteiger partial charge in [-0.15, -0.1) is 0 Å². The number of benzene rings is 2. The molecule has 2 rings (SSSR count). The molecule has 0 saturated carbocycles. The maximum absolute atomic E-state index is 14.3. The zero-order chi connectivity index (χ0) is 15.4. The minimum atomic E-state index is -0.167. The van der Waals surface area contributed by atoms with Crippen LogP contribution in [0.15, 0.2) is 42.5 Å². The minimum Gasteiger partial charge on any atom is -0.341 e. The van der Waals surface area contributed by atoms with Gasteiger partial charge in [0.05, 0.1) is 0 Å². The Morgan fingerprint density at radius 3 is 2.38 bits per heavy atom. The Balaban J connectivity index is 2.52. The molecule has 1 unspecified atom stereocenters. The molecule has 0 fully saturated rings. The molecule has 0 bridgehead atoms. The Hall–Kier alpha value is -1.87. The molecule has 0 spiro atoms. The third-order valence-electron chi connectivity index (χ3n) is 3.85. The molecule has 2 aromatic carbocycles. The quantitative estimate of drug-likeness (QED) is 0.866. The first-order chi connectivity index (χ1) is 10.1. The van der Waals surface area contributed by atoms with Crippen molar-refractivity contribution in [1.29, 1.82) is 0 Å². The normalized spacial score (nSPS) is 12.2. The SMILES string of the molecule is CCN(c1ccc(C)cc1)c1cccc(F)c1C(C)NC. The van der Waals surface area contributed by atoms with Gasteiger partial charge in [-0.1, -0.05) is 23.8 Å². The highest BCUT2D eigenvalue weighted by molar-refractivity contribution is 5.67. The van der Waals surface area contributed by atoms with Crippen LogP contribution in [0.2, 0.25) is 0 Å². The van der Waals surface area contributed by atoms with Gasteiger partial charge in [-0.2, -0.15) is 0 Å². The van der Waals surface area contributed by atoms with Gasteiger partial charge < -0.3 is 10.2 Å². The van der Waals surface area contributed by atoms with Crippen molar-refractivity contribution in [2.45, 2.75) is 26.8 Å². The van der Waals surface area contributed by atoms with E-state index in [1.165, 1.54) is 11.6 Å². The van der Waals surface area contributed by atoms with E-state index >= 15 is 0 Å². The van der Waals surface area contributed by atoms with Gasteiger partial charge in [-0.3, -0.25) is 0 Å². The summed E-state index contributed by atoms with van der Waals surface area (Å²) in [6.45, 7) is 6.91. The molecule has 0 heterocycles. The minimum absolute atomic E-state index is 0.0410. The van der Waals surface area contributed by atoms with Crippen LogP contribution in [0.25, 0.3) is 0 Å². The van der Waals surface area contributed by atoms with E-state index in [0.29, 0.717) is 5.56 Å². The Labute approximate surface area is 126 Å². The molecular weight excluding hydrogens is 263 g/mol. The van der Waals surface area contributed by atoms with E-state index < -0.39 is 0 Å². The molecule has 21 heavy (non-hydrogen) atoms. The van der Waals surface area contributed by atoms with Gasteiger partial charge >= 0.3 is 0 Å². The highest BCUT2D eigenvalue weighted by atomic mass is 19.1. The lowest BCUT2D eigenvalue weighted by Gasteiger charge is -2.28. The molecule has 0 aliphatic rings. The molecule has 0 aliphatic heterocycles. The van der Waals surface area contributed by atoms with E-state index in [9.17, 15) is 4.39 Å². The zero-order valence-electron chi connectivity index (χ0n) is 13.2. The number of halogens is 1.